The van der Waals surface area contributed by atoms with Gasteiger partial charge in [0.2, 0.25) is 0 Å². The second-order valence-corrected chi connectivity index (χ2v) is 3.49. The Morgan fingerprint density at radius 2 is 1.67 bits per heavy atom. The molecular weight excluding hydrogens is 163 g/mol. The molecule has 2 heteroatoms. The van der Waals surface area contributed by atoms with Crippen molar-refractivity contribution in [2.75, 3.05) is 0 Å². The van der Waals surface area contributed by atoms with Gasteiger partial charge in [-0.05, 0) is 6.92 Å². The SMILES string of the molecule is C[C@H](Cl)[C@H](C)Br. The third-order valence-electron chi connectivity index (χ3n) is 0.633. The molecule has 2 atom stereocenters. The van der Waals surface area contributed by atoms with E-state index in [1.807, 2.05) is 13.8 Å². The molecule has 0 aliphatic heterocycles. The highest BCUT2D eigenvalue weighted by molar-refractivity contribution is 9.09. The van der Waals surface area contributed by atoms with Gasteiger partial charge in [-0.25, -0.2) is 0 Å². The zero-order chi connectivity index (χ0) is 5.15. The Kier molecular flexibility index (Phi) is 3.23. The van der Waals surface area contributed by atoms with Gasteiger partial charge in [0.05, 0.1) is 0 Å². The van der Waals surface area contributed by atoms with E-state index in [1.54, 1.807) is 0 Å². The van der Waals surface area contributed by atoms with Gasteiger partial charge in [0.15, 0.2) is 0 Å². The van der Waals surface area contributed by atoms with Gasteiger partial charge in [0, 0.05) is 10.2 Å². The van der Waals surface area contributed by atoms with E-state index >= 15 is 0 Å². The third kappa shape index (κ3) is 2.98. The zero-order valence-electron chi connectivity index (χ0n) is 3.91. The molecule has 0 aromatic rings. The molecule has 0 rings (SSSR count). The summed E-state index contributed by atoms with van der Waals surface area (Å²) in [5, 5.41) is 0.241. The summed E-state index contributed by atoms with van der Waals surface area (Å²) in [5.74, 6) is 0. The molecule has 0 aromatic heterocycles. The van der Waals surface area contributed by atoms with Crippen LogP contribution in [0.4, 0.5) is 0 Å². The molecule has 6 heavy (non-hydrogen) atoms. The fourth-order valence-electron chi connectivity index (χ4n) is 0. The van der Waals surface area contributed by atoms with E-state index in [9.17, 15) is 0 Å². The van der Waals surface area contributed by atoms with Crippen molar-refractivity contribution in [3.63, 3.8) is 0 Å². The van der Waals surface area contributed by atoms with E-state index in [1.165, 1.54) is 0 Å². The molecule has 0 aliphatic carbocycles. The Balaban J connectivity index is 2.99. The van der Waals surface area contributed by atoms with E-state index in [4.69, 9.17) is 11.6 Å². The first-order valence-corrected chi connectivity index (χ1v) is 3.28. The Morgan fingerprint density at radius 3 is 1.67 bits per heavy atom. The molecule has 0 aliphatic rings. The lowest BCUT2D eigenvalue weighted by Crippen LogP contribution is -2.02. The Bertz CT molecular complexity index is 28.5. The fourth-order valence-corrected chi connectivity index (χ4v) is 0. The van der Waals surface area contributed by atoms with E-state index in [-0.39, 0.29) is 5.38 Å². The van der Waals surface area contributed by atoms with Gasteiger partial charge in [-0.2, -0.15) is 0 Å². The summed E-state index contributed by atoms with van der Waals surface area (Å²) < 4.78 is 0. The van der Waals surface area contributed by atoms with Crippen LogP contribution in [0.15, 0.2) is 0 Å². The summed E-state index contributed by atoms with van der Waals surface area (Å²) in [6, 6.07) is 0. The molecule has 0 N–H and O–H groups in total. The highest BCUT2D eigenvalue weighted by atomic mass is 79.9. The second-order valence-electron chi connectivity index (χ2n) is 1.36. The van der Waals surface area contributed by atoms with Crippen LogP contribution in [0.3, 0.4) is 0 Å². The minimum absolute atomic E-state index is 0.241. The van der Waals surface area contributed by atoms with Crippen LogP contribution < -0.4 is 0 Å². The monoisotopic (exact) mass is 170 g/mol. The second kappa shape index (κ2) is 2.86. The standard InChI is InChI=1S/C4H8BrCl/c1-3(5)4(2)6/h3-4H,1-2H3/t3-,4-/m0/s1. The molecule has 0 fully saturated rings. The van der Waals surface area contributed by atoms with Crippen LogP contribution in [0.2, 0.25) is 0 Å². The summed E-state index contributed by atoms with van der Waals surface area (Å²) in [5.41, 5.74) is 0. The summed E-state index contributed by atoms with van der Waals surface area (Å²) in [6.45, 7) is 3.98. The van der Waals surface area contributed by atoms with Crippen molar-refractivity contribution in [1.29, 1.82) is 0 Å². The highest BCUT2D eigenvalue weighted by Crippen LogP contribution is 2.08. The first-order chi connectivity index (χ1) is 2.64. The van der Waals surface area contributed by atoms with Crippen molar-refractivity contribution in [3.05, 3.63) is 0 Å². The van der Waals surface area contributed by atoms with Crippen molar-refractivity contribution in [2.24, 2.45) is 0 Å². The first kappa shape index (κ1) is 6.77. The summed E-state index contributed by atoms with van der Waals surface area (Å²) in [7, 11) is 0. The molecule has 0 radical (unpaired) electrons. The van der Waals surface area contributed by atoms with Gasteiger partial charge in [-0.3, -0.25) is 0 Å². The maximum Gasteiger partial charge on any atom is 0.0430 e. The Morgan fingerprint density at radius 1 is 1.50 bits per heavy atom. The quantitative estimate of drug-likeness (QED) is 0.532. The van der Waals surface area contributed by atoms with Crippen molar-refractivity contribution < 1.29 is 0 Å². The minimum Gasteiger partial charge on any atom is -0.122 e. The van der Waals surface area contributed by atoms with Gasteiger partial charge in [0.1, 0.15) is 0 Å². The number of hydrogen-bond acceptors (Lipinski definition) is 0. The normalized spacial score (nSPS) is 20.0. The number of alkyl halides is 2. The van der Waals surface area contributed by atoms with E-state index in [0.29, 0.717) is 4.83 Å². The van der Waals surface area contributed by atoms with Crippen molar-refractivity contribution in [3.8, 4) is 0 Å². The van der Waals surface area contributed by atoms with Crippen molar-refractivity contribution in [1.82, 2.24) is 0 Å². The van der Waals surface area contributed by atoms with Crippen LogP contribution in [0.5, 0.6) is 0 Å². The van der Waals surface area contributed by atoms with E-state index < -0.39 is 0 Å². The molecular formula is C4H8BrCl. The topological polar surface area (TPSA) is 0 Å². The van der Waals surface area contributed by atoms with Gasteiger partial charge >= 0.3 is 0 Å². The van der Waals surface area contributed by atoms with E-state index in [0.717, 1.165) is 0 Å². The van der Waals surface area contributed by atoms with Crippen LogP contribution >= 0.6 is 27.5 Å². The van der Waals surface area contributed by atoms with Crippen LogP contribution in [0, 0.1) is 0 Å². The average molecular weight is 171 g/mol. The maximum atomic E-state index is 5.57. The molecule has 0 saturated carbocycles. The largest absolute Gasteiger partial charge is 0.122 e. The van der Waals surface area contributed by atoms with Crippen LogP contribution in [0.1, 0.15) is 13.8 Å². The van der Waals surface area contributed by atoms with Crippen molar-refractivity contribution >= 4 is 27.5 Å². The average Bonchev–Trinajstić information content (AvgIpc) is 1.36. The minimum atomic E-state index is 0.241. The van der Waals surface area contributed by atoms with E-state index in [2.05, 4.69) is 15.9 Å². The predicted octanol–water partition coefficient (Wildman–Crippen LogP) is 2.40. The molecule has 0 bridgehead atoms. The number of rotatable bonds is 1. The van der Waals surface area contributed by atoms with Gasteiger partial charge in [0.25, 0.3) is 0 Å². The predicted molar refractivity (Wildman–Crippen MR) is 33.7 cm³/mol. The van der Waals surface area contributed by atoms with Crippen molar-refractivity contribution in [2.45, 2.75) is 24.1 Å². The molecule has 38 valence electrons. The lowest BCUT2D eigenvalue weighted by molar-refractivity contribution is 0.931. The van der Waals surface area contributed by atoms with Crippen LogP contribution in [-0.2, 0) is 0 Å². The van der Waals surface area contributed by atoms with Gasteiger partial charge in [-0.15, -0.1) is 11.6 Å². The summed E-state index contributed by atoms with van der Waals surface area (Å²) in [4.78, 5) is 0.430. The smallest absolute Gasteiger partial charge is 0.0430 e. The molecule has 0 aromatic carbocycles. The maximum absolute atomic E-state index is 5.57. The summed E-state index contributed by atoms with van der Waals surface area (Å²) >= 11 is 8.87. The lowest BCUT2D eigenvalue weighted by Gasteiger charge is -2.00. The molecule has 0 unspecified atom stereocenters. The fraction of sp³-hybridized carbons (Fsp3) is 1.00. The Hall–Kier alpha value is 0.770. The molecule has 0 spiro atoms. The molecule has 0 saturated heterocycles. The van der Waals surface area contributed by atoms with Gasteiger partial charge < -0.3 is 0 Å². The highest BCUT2D eigenvalue weighted by Gasteiger charge is 2.00. The molecule has 0 heterocycles. The zero-order valence-corrected chi connectivity index (χ0v) is 6.25. The summed E-state index contributed by atoms with van der Waals surface area (Å²) in [6.07, 6.45) is 0. The molecule has 0 amide bonds. The first-order valence-electron chi connectivity index (χ1n) is 1.92. The number of halogens is 2. The third-order valence-corrected chi connectivity index (χ3v) is 2.11. The molecule has 0 nitrogen and oxygen atoms in total. The Labute approximate surface area is 52.0 Å². The van der Waals surface area contributed by atoms with Crippen LogP contribution in [-0.4, -0.2) is 10.2 Å². The van der Waals surface area contributed by atoms with Crippen LogP contribution in [0.25, 0.3) is 0 Å². The van der Waals surface area contributed by atoms with Gasteiger partial charge in [-0.1, -0.05) is 22.9 Å². The number of hydrogen-bond donors (Lipinski definition) is 0. The lowest BCUT2D eigenvalue weighted by atomic mass is 10.4.